The van der Waals surface area contributed by atoms with Gasteiger partial charge >= 0.3 is 0 Å². The summed E-state index contributed by atoms with van der Waals surface area (Å²) in [4.78, 5) is 23.5. The molecular weight excluding hydrogens is 254 g/mol. The second kappa shape index (κ2) is 5.12. The summed E-state index contributed by atoms with van der Waals surface area (Å²) in [5.41, 5.74) is 1.00. The van der Waals surface area contributed by atoms with Gasteiger partial charge < -0.3 is 15.2 Å². The minimum Gasteiger partial charge on any atom is -0.550 e. The molecule has 4 atom stereocenters. The number of carboxylic acids is 1. The van der Waals surface area contributed by atoms with Gasteiger partial charge in [-0.15, -0.1) is 0 Å². The van der Waals surface area contributed by atoms with Gasteiger partial charge in [-0.05, 0) is 23.8 Å². The van der Waals surface area contributed by atoms with Gasteiger partial charge in [0.15, 0.2) is 0 Å². The van der Waals surface area contributed by atoms with Crippen molar-refractivity contribution in [2.24, 2.45) is 23.7 Å². The van der Waals surface area contributed by atoms with Crippen LogP contribution in [0.3, 0.4) is 0 Å². The van der Waals surface area contributed by atoms with Crippen LogP contribution in [-0.4, -0.2) is 11.9 Å². The molecule has 4 heteroatoms. The summed E-state index contributed by atoms with van der Waals surface area (Å²) in [6, 6.07) is 9.59. The van der Waals surface area contributed by atoms with Gasteiger partial charge in [0.2, 0.25) is 5.91 Å². The quantitative estimate of drug-likeness (QED) is 0.810. The Morgan fingerprint density at radius 2 is 1.75 bits per heavy atom. The molecule has 4 nitrogen and oxygen atoms in total. The number of amides is 1. The van der Waals surface area contributed by atoms with Crippen LogP contribution in [0, 0.1) is 23.7 Å². The van der Waals surface area contributed by atoms with Crippen LogP contribution in [-0.2, 0) is 16.1 Å². The Bertz CT molecular complexity index is 552. The van der Waals surface area contributed by atoms with Crippen LogP contribution in [0.1, 0.15) is 12.0 Å². The first-order valence-electron chi connectivity index (χ1n) is 6.87. The summed E-state index contributed by atoms with van der Waals surface area (Å²) in [5, 5.41) is 14.1. The Balaban J connectivity index is 1.68. The van der Waals surface area contributed by atoms with E-state index < -0.39 is 17.8 Å². The third kappa shape index (κ3) is 2.22. The van der Waals surface area contributed by atoms with Gasteiger partial charge in [-0.3, -0.25) is 4.79 Å². The molecule has 1 amide bonds. The van der Waals surface area contributed by atoms with E-state index in [1.54, 1.807) is 0 Å². The van der Waals surface area contributed by atoms with Crippen molar-refractivity contribution in [1.29, 1.82) is 0 Å². The van der Waals surface area contributed by atoms with Gasteiger partial charge in [0, 0.05) is 18.4 Å². The summed E-state index contributed by atoms with van der Waals surface area (Å²) >= 11 is 0. The molecule has 104 valence electrons. The number of nitrogens with one attached hydrogen (secondary N) is 1. The summed E-state index contributed by atoms with van der Waals surface area (Å²) in [7, 11) is 0. The van der Waals surface area contributed by atoms with E-state index in [2.05, 4.69) is 5.32 Å². The van der Waals surface area contributed by atoms with E-state index in [9.17, 15) is 14.7 Å². The molecule has 0 heterocycles. The van der Waals surface area contributed by atoms with E-state index in [-0.39, 0.29) is 17.7 Å². The summed E-state index contributed by atoms with van der Waals surface area (Å²) in [5.74, 6) is -2.46. The lowest BCUT2D eigenvalue weighted by Crippen LogP contribution is -2.44. The molecule has 1 saturated carbocycles. The van der Waals surface area contributed by atoms with Gasteiger partial charge in [0.05, 0.1) is 5.92 Å². The Kier molecular flexibility index (Phi) is 3.30. The van der Waals surface area contributed by atoms with Crippen molar-refractivity contribution in [3.05, 3.63) is 48.0 Å². The van der Waals surface area contributed by atoms with Crippen LogP contribution >= 0.6 is 0 Å². The van der Waals surface area contributed by atoms with Crippen LogP contribution in [0.2, 0.25) is 0 Å². The third-order valence-electron chi connectivity index (χ3n) is 4.34. The van der Waals surface area contributed by atoms with Crippen molar-refractivity contribution in [2.45, 2.75) is 13.0 Å². The number of allylic oxidation sites excluding steroid dienone is 2. The fourth-order valence-electron chi connectivity index (χ4n) is 3.40. The second-order valence-electron chi connectivity index (χ2n) is 5.52. The van der Waals surface area contributed by atoms with Crippen LogP contribution in [0.15, 0.2) is 42.5 Å². The predicted molar refractivity (Wildman–Crippen MR) is 71.0 cm³/mol. The van der Waals surface area contributed by atoms with Crippen LogP contribution < -0.4 is 10.4 Å². The topological polar surface area (TPSA) is 69.2 Å². The number of fused-ring (bicyclic) bond motifs is 2. The Labute approximate surface area is 117 Å². The number of carbonyl (C=O) groups excluding carboxylic acids is 2. The zero-order valence-corrected chi connectivity index (χ0v) is 11.0. The lowest BCUT2D eigenvalue weighted by molar-refractivity contribution is -0.313. The van der Waals surface area contributed by atoms with Gasteiger partial charge in [-0.1, -0.05) is 42.5 Å². The maximum atomic E-state index is 12.3. The minimum absolute atomic E-state index is 0.0404. The lowest BCUT2D eigenvalue weighted by atomic mass is 9.82. The van der Waals surface area contributed by atoms with Crippen LogP contribution in [0.4, 0.5) is 0 Å². The molecule has 2 aliphatic carbocycles. The predicted octanol–water partition coefficient (Wildman–Crippen LogP) is 0.491. The highest BCUT2D eigenvalue weighted by molar-refractivity contribution is 5.86. The van der Waals surface area contributed by atoms with Crippen LogP contribution in [0.5, 0.6) is 0 Å². The molecular formula is C16H16NO3-. The van der Waals surface area contributed by atoms with E-state index in [4.69, 9.17) is 0 Å². The number of carbonyl (C=O) groups is 2. The average molecular weight is 270 g/mol. The molecule has 0 unspecified atom stereocenters. The Morgan fingerprint density at radius 1 is 1.10 bits per heavy atom. The molecule has 3 rings (SSSR count). The molecule has 0 saturated heterocycles. The molecule has 2 aliphatic rings. The van der Waals surface area contributed by atoms with E-state index in [1.165, 1.54) is 0 Å². The zero-order chi connectivity index (χ0) is 14.1. The summed E-state index contributed by atoms with van der Waals surface area (Å²) in [6.07, 6.45) is 4.63. The number of hydrogen-bond donors (Lipinski definition) is 1. The summed E-state index contributed by atoms with van der Waals surface area (Å²) in [6.45, 7) is 0.428. The van der Waals surface area contributed by atoms with E-state index >= 15 is 0 Å². The van der Waals surface area contributed by atoms with Crippen molar-refractivity contribution >= 4 is 11.9 Å². The number of hydrogen-bond acceptors (Lipinski definition) is 3. The number of carboxylic acid groups (broad SMARTS) is 1. The normalized spacial score (nSPS) is 30.4. The van der Waals surface area contributed by atoms with Gasteiger partial charge in [0.25, 0.3) is 0 Å². The standard InChI is InChI=1S/C16H17NO3/c18-15(17-9-10-4-2-1-3-5-10)13-11-6-7-12(8-11)14(13)16(19)20/h1-7,11-14H,8-9H2,(H,17,18)(H,19,20)/p-1/t11-,12+,13-,14+/m1/s1. The zero-order valence-electron chi connectivity index (χ0n) is 11.0. The molecule has 1 aromatic rings. The molecule has 0 spiro atoms. The average Bonchev–Trinajstić information content (AvgIpc) is 3.06. The third-order valence-corrected chi connectivity index (χ3v) is 4.34. The maximum absolute atomic E-state index is 12.3. The minimum atomic E-state index is -1.11. The van der Waals surface area contributed by atoms with E-state index in [0.717, 1.165) is 12.0 Å². The number of rotatable bonds is 4. The first kappa shape index (κ1) is 12.9. The molecule has 0 radical (unpaired) electrons. The first-order chi connectivity index (χ1) is 9.66. The van der Waals surface area contributed by atoms with E-state index in [1.807, 2.05) is 42.5 Å². The van der Waals surface area contributed by atoms with Crippen molar-refractivity contribution < 1.29 is 14.7 Å². The van der Waals surface area contributed by atoms with Gasteiger partial charge in [0.1, 0.15) is 0 Å². The fraction of sp³-hybridized carbons (Fsp3) is 0.375. The monoisotopic (exact) mass is 270 g/mol. The highest BCUT2D eigenvalue weighted by Gasteiger charge is 2.48. The Hall–Kier alpha value is -2.10. The number of benzene rings is 1. The van der Waals surface area contributed by atoms with E-state index in [0.29, 0.717) is 6.54 Å². The first-order valence-corrected chi connectivity index (χ1v) is 6.87. The summed E-state index contributed by atoms with van der Waals surface area (Å²) < 4.78 is 0. The molecule has 1 aromatic carbocycles. The highest BCUT2D eigenvalue weighted by atomic mass is 16.4. The van der Waals surface area contributed by atoms with Crippen molar-refractivity contribution in [2.75, 3.05) is 0 Å². The largest absolute Gasteiger partial charge is 0.550 e. The molecule has 0 aliphatic heterocycles. The molecule has 1 N–H and O–H groups in total. The van der Waals surface area contributed by atoms with Gasteiger partial charge in [-0.25, -0.2) is 0 Å². The Morgan fingerprint density at radius 3 is 2.40 bits per heavy atom. The second-order valence-corrected chi connectivity index (χ2v) is 5.52. The van der Waals surface area contributed by atoms with Crippen molar-refractivity contribution in [1.82, 2.24) is 5.32 Å². The maximum Gasteiger partial charge on any atom is 0.224 e. The van der Waals surface area contributed by atoms with Crippen LogP contribution in [0.25, 0.3) is 0 Å². The molecule has 20 heavy (non-hydrogen) atoms. The molecule has 0 aromatic heterocycles. The number of aliphatic carboxylic acids is 1. The molecule has 2 bridgehead atoms. The lowest BCUT2D eigenvalue weighted by Gasteiger charge is -2.27. The fourth-order valence-corrected chi connectivity index (χ4v) is 3.40. The smallest absolute Gasteiger partial charge is 0.224 e. The SMILES string of the molecule is O=C([O-])[C@@H]1[C@H](C(=O)NCc2ccccc2)[C@@H]2C=C[C@H]1C2. The van der Waals surface area contributed by atoms with Gasteiger partial charge in [-0.2, -0.15) is 0 Å². The van der Waals surface area contributed by atoms with Crippen molar-refractivity contribution in [3.8, 4) is 0 Å². The molecule has 1 fully saturated rings. The van der Waals surface area contributed by atoms with Crippen molar-refractivity contribution in [3.63, 3.8) is 0 Å². The highest BCUT2D eigenvalue weighted by Crippen LogP contribution is 2.47.